The molecule has 0 aliphatic heterocycles. The molecule has 4 rings (SSSR count). The molecule has 6 heteroatoms. The maximum atomic E-state index is 10.2. The molecular weight excluding hydrogens is 428 g/mol. The lowest BCUT2D eigenvalue weighted by Gasteiger charge is -2.09. The molecule has 0 unspecified atom stereocenters. The van der Waals surface area contributed by atoms with E-state index in [1.165, 1.54) is 0 Å². The lowest BCUT2D eigenvalue weighted by molar-refractivity contribution is 0.477. The largest absolute Gasteiger partial charge is 0.507 e. The summed E-state index contributed by atoms with van der Waals surface area (Å²) >= 11 is 3.42. The van der Waals surface area contributed by atoms with E-state index >= 15 is 0 Å². The molecule has 0 saturated carbocycles. The summed E-state index contributed by atoms with van der Waals surface area (Å²) in [5.74, 6) is 0.507. The molecular formula is C23H17BrN4O. The van der Waals surface area contributed by atoms with Crippen molar-refractivity contribution in [3.05, 3.63) is 95.0 Å². The highest BCUT2D eigenvalue weighted by Gasteiger charge is 2.11. The number of aromatic nitrogens is 2. The Bertz CT molecular complexity index is 1150. The number of nitrogens with zero attached hydrogens (tertiary/aromatic N) is 3. The Hall–Kier alpha value is -3.51. The first-order valence-corrected chi connectivity index (χ1v) is 9.76. The molecule has 5 nitrogen and oxygen atoms in total. The fourth-order valence-corrected chi connectivity index (χ4v) is 3.06. The van der Waals surface area contributed by atoms with Crippen LogP contribution in [0.5, 0.6) is 5.75 Å². The van der Waals surface area contributed by atoms with E-state index in [0.29, 0.717) is 17.2 Å². The van der Waals surface area contributed by atoms with Gasteiger partial charge in [0, 0.05) is 15.6 Å². The molecule has 1 aromatic heterocycles. The number of phenolic OH excluding ortho intramolecular Hbond substituents is 1. The van der Waals surface area contributed by atoms with Crippen molar-refractivity contribution in [1.82, 2.24) is 9.97 Å². The van der Waals surface area contributed by atoms with Crippen LogP contribution in [0.15, 0.2) is 94.5 Å². The maximum Gasteiger partial charge on any atom is 0.244 e. The highest BCUT2D eigenvalue weighted by atomic mass is 79.9. The number of hydrazone groups is 1. The van der Waals surface area contributed by atoms with Gasteiger partial charge in [-0.2, -0.15) is 5.10 Å². The van der Waals surface area contributed by atoms with Gasteiger partial charge in [-0.15, -0.1) is 0 Å². The zero-order chi connectivity index (χ0) is 20.1. The predicted octanol–water partition coefficient (Wildman–Crippen LogP) is 5.72. The van der Waals surface area contributed by atoms with Crippen molar-refractivity contribution in [1.29, 1.82) is 0 Å². The van der Waals surface area contributed by atoms with E-state index < -0.39 is 0 Å². The monoisotopic (exact) mass is 444 g/mol. The molecule has 0 aliphatic carbocycles. The molecule has 0 spiro atoms. The Balaban J connectivity index is 1.70. The van der Waals surface area contributed by atoms with E-state index in [4.69, 9.17) is 0 Å². The number of halogens is 1. The quantitative estimate of drug-likeness (QED) is 0.304. The number of aromatic hydroxyl groups is 1. The smallest absolute Gasteiger partial charge is 0.244 e. The second kappa shape index (κ2) is 8.67. The average Bonchev–Trinajstić information content (AvgIpc) is 2.76. The van der Waals surface area contributed by atoms with Crippen LogP contribution in [-0.4, -0.2) is 21.3 Å². The first-order chi connectivity index (χ1) is 14.2. The third kappa shape index (κ3) is 4.67. The van der Waals surface area contributed by atoms with E-state index in [9.17, 15) is 5.11 Å². The lowest BCUT2D eigenvalue weighted by atomic mass is 10.1. The molecule has 0 fully saturated rings. The number of rotatable bonds is 5. The summed E-state index contributed by atoms with van der Waals surface area (Å²) in [6.45, 7) is 0. The van der Waals surface area contributed by atoms with Crippen molar-refractivity contribution in [2.75, 3.05) is 5.43 Å². The molecule has 0 amide bonds. The van der Waals surface area contributed by atoms with Gasteiger partial charge in [-0.05, 0) is 35.9 Å². The van der Waals surface area contributed by atoms with Gasteiger partial charge in [0.15, 0.2) is 0 Å². The molecule has 29 heavy (non-hydrogen) atoms. The topological polar surface area (TPSA) is 70.4 Å². The second-order valence-electron chi connectivity index (χ2n) is 6.27. The van der Waals surface area contributed by atoms with Crippen molar-refractivity contribution < 1.29 is 5.11 Å². The van der Waals surface area contributed by atoms with Crippen LogP contribution in [0.4, 0.5) is 5.95 Å². The van der Waals surface area contributed by atoms with Gasteiger partial charge < -0.3 is 5.11 Å². The third-order valence-electron chi connectivity index (χ3n) is 4.22. The Kier molecular flexibility index (Phi) is 5.63. The number of anilines is 1. The molecule has 4 aromatic rings. The van der Waals surface area contributed by atoms with Gasteiger partial charge in [-0.1, -0.05) is 70.5 Å². The zero-order valence-corrected chi connectivity index (χ0v) is 16.9. The van der Waals surface area contributed by atoms with Crippen LogP contribution in [0.3, 0.4) is 0 Å². The molecule has 2 N–H and O–H groups in total. The van der Waals surface area contributed by atoms with Crippen LogP contribution in [-0.2, 0) is 0 Å². The van der Waals surface area contributed by atoms with Crippen molar-refractivity contribution in [3.8, 4) is 28.3 Å². The van der Waals surface area contributed by atoms with Gasteiger partial charge in [0.1, 0.15) is 5.75 Å². The number of para-hydroxylation sites is 1. The lowest BCUT2D eigenvalue weighted by Crippen LogP contribution is -2.00. The first kappa shape index (κ1) is 18.8. The summed E-state index contributed by atoms with van der Waals surface area (Å²) < 4.78 is 1.01. The Morgan fingerprint density at radius 1 is 0.828 bits per heavy atom. The van der Waals surface area contributed by atoms with Gasteiger partial charge in [0.2, 0.25) is 5.95 Å². The zero-order valence-electron chi connectivity index (χ0n) is 15.3. The highest BCUT2D eigenvalue weighted by molar-refractivity contribution is 9.10. The standard InChI is InChI=1S/C23H17BrN4O/c24-18-12-10-16(11-13-18)15-25-28-23-26-20(17-6-2-1-3-7-17)14-21(27-23)19-8-4-5-9-22(19)29/h1-15,29H,(H,26,27,28)/b25-15+. The Labute approximate surface area is 176 Å². The van der Waals surface area contributed by atoms with Crippen LogP contribution >= 0.6 is 15.9 Å². The molecule has 0 saturated heterocycles. The van der Waals surface area contributed by atoms with Crippen molar-refractivity contribution in [3.63, 3.8) is 0 Å². The average molecular weight is 445 g/mol. The van der Waals surface area contributed by atoms with Gasteiger partial charge in [-0.3, -0.25) is 0 Å². The summed E-state index contributed by atoms with van der Waals surface area (Å²) in [6.07, 6.45) is 1.70. The van der Waals surface area contributed by atoms with E-state index in [0.717, 1.165) is 21.3 Å². The van der Waals surface area contributed by atoms with E-state index in [2.05, 4.69) is 36.4 Å². The fraction of sp³-hybridized carbons (Fsp3) is 0. The number of hydrogen-bond acceptors (Lipinski definition) is 5. The summed E-state index contributed by atoms with van der Waals surface area (Å²) in [7, 11) is 0. The highest BCUT2D eigenvalue weighted by Crippen LogP contribution is 2.30. The van der Waals surface area contributed by atoms with Crippen LogP contribution in [0.2, 0.25) is 0 Å². The Morgan fingerprint density at radius 2 is 1.52 bits per heavy atom. The Morgan fingerprint density at radius 3 is 2.28 bits per heavy atom. The number of benzene rings is 3. The van der Waals surface area contributed by atoms with Crippen LogP contribution in [0.1, 0.15) is 5.56 Å². The first-order valence-electron chi connectivity index (χ1n) is 8.96. The SMILES string of the molecule is Oc1ccccc1-c1cc(-c2ccccc2)nc(N/N=C/c2ccc(Br)cc2)n1. The third-order valence-corrected chi connectivity index (χ3v) is 4.75. The minimum atomic E-state index is 0.162. The maximum absolute atomic E-state index is 10.2. The molecule has 0 aliphatic rings. The predicted molar refractivity (Wildman–Crippen MR) is 120 cm³/mol. The number of hydrogen-bond donors (Lipinski definition) is 2. The minimum Gasteiger partial charge on any atom is -0.507 e. The normalized spacial score (nSPS) is 10.9. The van der Waals surface area contributed by atoms with Gasteiger partial charge in [0.25, 0.3) is 0 Å². The van der Waals surface area contributed by atoms with Crippen LogP contribution < -0.4 is 5.43 Å². The number of nitrogens with one attached hydrogen (secondary N) is 1. The molecule has 142 valence electrons. The molecule has 0 bridgehead atoms. The van der Waals surface area contributed by atoms with Crippen LogP contribution in [0, 0.1) is 0 Å². The molecule has 0 atom stereocenters. The van der Waals surface area contributed by atoms with Gasteiger partial charge in [-0.25, -0.2) is 15.4 Å². The van der Waals surface area contributed by atoms with E-state index in [1.54, 1.807) is 18.3 Å². The second-order valence-corrected chi connectivity index (χ2v) is 7.18. The summed E-state index contributed by atoms with van der Waals surface area (Å²) in [5, 5.41) is 14.5. The summed E-state index contributed by atoms with van der Waals surface area (Å²) in [5.41, 5.74) is 6.77. The van der Waals surface area contributed by atoms with Gasteiger partial charge in [0.05, 0.1) is 17.6 Å². The van der Waals surface area contributed by atoms with Crippen molar-refractivity contribution in [2.45, 2.75) is 0 Å². The van der Waals surface area contributed by atoms with E-state index in [1.807, 2.05) is 72.8 Å². The van der Waals surface area contributed by atoms with Crippen molar-refractivity contribution >= 4 is 28.1 Å². The summed E-state index contributed by atoms with van der Waals surface area (Å²) in [6, 6.07) is 26.6. The molecule has 0 radical (unpaired) electrons. The van der Waals surface area contributed by atoms with Crippen LogP contribution in [0.25, 0.3) is 22.5 Å². The minimum absolute atomic E-state index is 0.162. The number of phenols is 1. The molecule has 1 heterocycles. The fourth-order valence-electron chi connectivity index (χ4n) is 2.80. The van der Waals surface area contributed by atoms with Crippen molar-refractivity contribution in [2.24, 2.45) is 5.10 Å². The summed E-state index contributed by atoms with van der Waals surface area (Å²) in [4.78, 5) is 9.11. The van der Waals surface area contributed by atoms with E-state index in [-0.39, 0.29) is 5.75 Å². The molecule has 3 aromatic carbocycles. The van der Waals surface area contributed by atoms with Gasteiger partial charge >= 0.3 is 0 Å².